The van der Waals surface area contributed by atoms with Crippen molar-refractivity contribution >= 4 is 17.5 Å². The quantitative estimate of drug-likeness (QED) is 0.735. The second kappa shape index (κ2) is 8.31. The van der Waals surface area contributed by atoms with Gasteiger partial charge in [-0.05, 0) is 37.6 Å². The number of carbonyl (C=O) groups excluding carboxylic acids is 1. The normalized spacial score (nSPS) is 14.0. The molecule has 2 aromatic carbocycles. The van der Waals surface area contributed by atoms with Gasteiger partial charge in [0.2, 0.25) is 0 Å². The SMILES string of the molecule is Cc1cccc(NC(=O)N2CCN(c3cc(-c4cccc(C)c4)ncn3)CC2)c1. The van der Waals surface area contributed by atoms with Crippen LogP contribution in [-0.4, -0.2) is 47.1 Å². The number of benzene rings is 2. The molecule has 1 saturated heterocycles. The van der Waals surface area contributed by atoms with Gasteiger partial charge in [0.1, 0.15) is 12.1 Å². The molecule has 1 fully saturated rings. The van der Waals surface area contributed by atoms with Gasteiger partial charge in [-0.1, -0.05) is 35.9 Å². The van der Waals surface area contributed by atoms with E-state index in [1.54, 1.807) is 6.33 Å². The second-order valence-electron chi connectivity index (χ2n) is 7.40. The van der Waals surface area contributed by atoms with E-state index in [0.29, 0.717) is 13.1 Å². The highest BCUT2D eigenvalue weighted by atomic mass is 16.2. The Morgan fingerprint density at radius 3 is 2.34 bits per heavy atom. The highest BCUT2D eigenvalue weighted by Crippen LogP contribution is 2.22. The molecule has 1 aromatic heterocycles. The Morgan fingerprint density at radius 2 is 1.62 bits per heavy atom. The number of carbonyl (C=O) groups is 1. The number of amides is 2. The first kappa shape index (κ1) is 18.9. The smallest absolute Gasteiger partial charge is 0.321 e. The van der Waals surface area contributed by atoms with Gasteiger partial charge in [0.15, 0.2) is 0 Å². The second-order valence-corrected chi connectivity index (χ2v) is 7.40. The number of hydrogen-bond acceptors (Lipinski definition) is 4. The van der Waals surface area contributed by atoms with Crippen molar-refractivity contribution in [3.05, 3.63) is 72.1 Å². The minimum Gasteiger partial charge on any atom is -0.353 e. The molecule has 29 heavy (non-hydrogen) atoms. The van der Waals surface area contributed by atoms with Gasteiger partial charge in [0.25, 0.3) is 0 Å². The van der Waals surface area contributed by atoms with Crippen LogP contribution in [0, 0.1) is 13.8 Å². The summed E-state index contributed by atoms with van der Waals surface area (Å²) in [5, 5.41) is 2.99. The summed E-state index contributed by atoms with van der Waals surface area (Å²) < 4.78 is 0. The van der Waals surface area contributed by atoms with E-state index in [-0.39, 0.29) is 6.03 Å². The molecule has 2 amide bonds. The van der Waals surface area contributed by atoms with Crippen molar-refractivity contribution in [1.82, 2.24) is 14.9 Å². The number of piperazine rings is 1. The van der Waals surface area contributed by atoms with Crippen LogP contribution in [-0.2, 0) is 0 Å². The lowest BCUT2D eigenvalue weighted by Crippen LogP contribution is -2.50. The third-order valence-electron chi connectivity index (χ3n) is 5.13. The molecular weight excluding hydrogens is 362 g/mol. The summed E-state index contributed by atoms with van der Waals surface area (Å²) >= 11 is 0. The van der Waals surface area contributed by atoms with Crippen LogP contribution in [0.1, 0.15) is 11.1 Å². The van der Waals surface area contributed by atoms with Crippen molar-refractivity contribution in [2.75, 3.05) is 36.4 Å². The zero-order chi connectivity index (χ0) is 20.2. The average Bonchev–Trinajstić information content (AvgIpc) is 2.74. The first-order chi connectivity index (χ1) is 14.1. The van der Waals surface area contributed by atoms with Crippen LogP contribution >= 0.6 is 0 Å². The lowest BCUT2D eigenvalue weighted by atomic mass is 10.1. The molecule has 6 nitrogen and oxygen atoms in total. The molecule has 6 heteroatoms. The molecule has 0 radical (unpaired) electrons. The van der Waals surface area contributed by atoms with Crippen molar-refractivity contribution in [2.24, 2.45) is 0 Å². The Bertz CT molecular complexity index is 1010. The molecule has 2 heterocycles. The Morgan fingerprint density at radius 1 is 0.897 bits per heavy atom. The van der Waals surface area contributed by atoms with Crippen LogP contribution < -0.4 is 10.2 Å². The van der Waals surface area contributed by atoms with E-state index in [4.69, 9.17) is 0 Å². The summed E-state index contributed by atoms with van der Waals surface area (Å²) in [5.41, 5.74) is 5.16. The Kier molecular flexibility index (Phi) is 5.42. The maximum Gasteiger partial charge on any atom is 0.321 e. The van der Waals surface area contributed by atoms with Crippen molar-refractivity contribution in [2.45, 2.75) is 13.8 Å². The Hall–Kier alpha value is -3.41. The molecule has 4 rings (SSSR count). The summed E-state index contributed by atoms with van der Waals surface area (Å²) in [5.74, 6) is 0.898. The van der Waals surface area contributed by atoms with Crippen molar-refractivity contribution < 1.29 is 4.79 Å². The number of rotatable bonds is 3. The summed E-state index contributed by atoms with van der Waals surface area (Å²) in [4.78, 5) is 25.5. The van der Waals surface area contributed by atoms with E-state index in [1.165, 1.54) is 5.56 Å². The molecule has 0 atom stereocenters. The fourth-order valence-electron chi connectivity index (χ4n) is 3.55. The summed E-state index contributed by atoms with van der Waals surface area (Å²) in [7, 11) is 0. The van der Waals surface area contributed by atoms with E-state index < -0.39 is 0 Å². The number of nitrogens with zero attached hydrogens (tertiary/aromatic N) is 4. The molecular formula is C23H25N5O. The van der Waals surface area contributed by atoms with Gasteiger partial charge in [-0.2, -0.15) is 0 Å². The molecule has 148 valence electrons. The zero-order valence-corrected chi connectivity index (χ0v) is 16.8. The van der Waals surface area contributed by atoms with Crippen LogP contribution in [0.4, 0.5) is 16.3 Å². The average molecular weight is 387 g/mol. The minimum absolute atomic E-state index is 0.0570. The fourth-order valence-corrected chi connectivity index (χ4v) is 3.55. The monoisotopic (exact) mass is 387 g/mol. The van der Waals surface area contributed by atoms with Crippen LogP contribution in [0.3, 0.4) is 0 Å². The number of anilines is 2. The molecule has 0 bridgehead atoms. The van der Waals surface area contributed by atoms with Crippen molar-refractivity contribution in [3.8, 4) is 11.3 Å². The fraction of sp³-hybridized carbons (Fsp3) is 0.261. The molecule has 0 aliphatic carbocycles. The molecule has 1 aliphatic heterocycles. The third-order valence-corrected chi connectivity index (χ3v) is 5.13. The van der Waals surface area contributed by atoms with Crippen LogP contribution in [0.2, 0.25) is 0 Å². The molecule has 1 aliphatic rings. The topological polar surface area (TPSA) is 61.4 Å². The zero-order valence-electron chi connectivity index (χ0n) is 16.8. The highest BCUT2D eigenvalue weighted by Gasteiger charge is 2.22. The van der Waals surface area contributed by atoms with Gasteiger partial charge < -0.3 is 15.1 Å². The molecule has 0 spiro atoms. The lowest BCUT2D eigenvalue weighted by molar-refractivity contribution is 0.208. The largest absolute Gasteiger partial charge is 0.353 e. The summed E-state index contributed by atoms with van der Waals surface area (Å²) in [6.07, 6.45) is 1.61. The lowest BCUT2D eigenvalue weighted by Gasteiger charge is -2.35. The predicted octanol–water partition coefficient (Wildman–Crippen LogP) is 4.11. The van der Waals surface area contributed by atoms with Gasteiger partial charge in [-0.3, -0.25) is 0 Å². The van der Waals surface area contributed by atoms with Gasteiger partial charge in [0.05, 0.1) is 5.69 Å². The number of urea groups is 1. The standard InChI is InChI=1S/C23H25N5O/c1-17-5-3-7-19(13-17)21-15-22(25-16-24-21)27-9-11-28(12-10-27)23(29)26-20-8-4-6-18(2)14-20/h3-8,13-16H,9-12H2,1-2H3,(H,26,29). The maximum absolute atomic E-state index is 12.6. The van der Waals surface area contributed by atoms with Crippen molar-refractivity contribution in [1.29, 1.82) is 0 Å². The molecule has 1 N–H and O–H groups in total. The van der Waals surface area contributed by atoms with E-state index in [9.17, 15) is 4.79 Å². The molecule has 0 saturated carbocycles. The van der Waals surface area contributed by atoms with Gasteiger partial charge >= 0.3 is 6.03 Å². The Balaban J connectivity index is 1.39. The summed E-state index contributed by atoms with van der Waals surface area (Å²) in [6, 6.07) is 18.1. The first-order valence-electron chi connectivity index (χ1n) is 9.85. The number of aromatic nitrogens is 2. The number of nitrogens with one attached hydrogen (secondary N) is 1. The highest BCUT2D eigenvalue weighted by molar-refractivity contribution is 5.89. The van der Waals surface area contributed by atoms with Crippen LogP contribution in [0.15, 0.2) is 60.9 Å². The molecule has 3 aromatic rings. The number of hydrogen-bond donors (Lipinski definition) is 1. The minimum atomic E-state index is -0.0570. The van der Waals surface area contributed by atoms with Gasteiger partial charge in [-0.15, -0.1) is 0 Å². The number of aryl methyl sites for hydroxylation is 2. The van der Waals surface area contributed by atoms with Crippen LogP contribution in [0.5, 0.6) is 0 Å². The van der Waals surface area contributed by atoms with E-state index in [0.717, 1.165) is 41.4 Å². The maximum atomic E-state index is 12.6. The predicted molar refractivity (Wildman–Crippen MR) is 116 cm³/mol. The molecule has 0 unspecified atom stereocenters. The van der Waals surface area contributed by atoms with Crippen molar-refractivity contribution in [3.63, 3.8) is 0 Å². The van der Waals surface area contributed by atoms with Gasteiger partial charge in [0, 0.05) is 43.5 Å². The van der Waals surface area contributed by atoms with Gasteiger partial charge in [-0.25, -0.2) is 14.8 Å². The van der Waals surface area contributed by atoms with E-state index in [1.807, 2.05) is 48.2 Å². The van der Waals surface area contributed by atoms with E-state index in [2.05, 4.69) is 45.3 Å². The third kappa shape index (κ3) is 4.54. The van der Waals surface area contributed by atoms with Crippen LogP contribution in [0.25, 0.3) is 11.3 Å². The Labute approximate surface area is 171 Å². The van der Waals surface area contributed by atoms with E-state index >= 15 is 0 Å². The summed E-state index contributed by atoms with van der Waals surface area (Å²) in [6.45, 7) is 6.88. The first-order valence-corrected chi connectivity index (χ1v) is 9.85.